The van der Waals surface area contributed by atoms with Gasteiger partial charge < -0.3 is 5.73 Å². The first-order valence-corrected chi connectivity index (χ1v) is 6.11. The SMILES string of the molecule is CC(N)C(Sc1ccncc1)C(C)(C)C. The molecule has 1 rings (SSSR count). The summed E-state index contributed by atoms with van der Waals surface area (Å²) in [4.78, 5) is 5.25. The minimum absolute atomic E-state index is 0.183. The number of nitrogens with two attached hydrogens (primary N) is 1. The van der Waals surface area contributed by atoms with Crippen LogP contribution in [0.5, 0.6) is 0 Å². The molecule has 0 aliphatic carbocycles. The Morgan fingerprint density at radius 2 is 1.80 bits per heavy atom. The molecule has 1 aromatic heterocycles. The van der Waals surface area contributed by atoms with Crippen LogP contribution in [0.4, 0.5) is 0 Å². The molecular weight excluding hydrogens is 204 g/mol. The molecule has 0 fully saturated rings. The number of aromatic nitrogens is 1. The minimum Gasteiger partial charge on any atom is -0.327 e. The molecule has 2 N–H and O–H groups in total. The van der Waals surface area contributed by atoms with E-state index in [9.17, 15) is 0 Å². The van der Waals surface area contributed by atoms with E-state index in [-0.39, 0.29) is 11.5 Å². The molecule has 3 heteroatoms. The molecule has 0 aromatic carbocycles. The summed E-state index contributed by atoms with van der Waals surface area (Å²) >= 11 is 1.84. The van der Waals surface area contributed by atoms with Gasteiger partial charge in [0.15, 0.2) is 0 Å². The molecular formula is C12H20N2S. The summed E-state index contributed by atoms with van der Waals surface area (Å²) in [5.74, 6) is 0. The maximum Gasteiger partial charge on any atom is 0.0292 e. The molecule has 0 amide bonds. The summed E-state index contributed by atoms with van der Waals surface area (Å²) in [6.45, 7) is 8.77. The maximum absolute atomic E-state index is 6.03. The first-order chi connectivity index (χ1) is 6.91. The normalized spacial score (nSPS) is 16.1. The van der Waals surface area contributed by atoms with Crippen LogP contribution in [0.1, 0.15) is 27.7 Å². The molecule has 0 aliphatic rings. The standard InChI is InChI=1S/C12H20N2S/c1-9(13)11(12(2,3)4)15-10-5-7-14-8-6-10/h5-9,11H,13H2,1-4H3. The van der Waals surface area contributed by atoms with E-state index in [1.165, 1.54) is 4.90 Å². The summed E-state index contributed by atoms with van der Waals surface area (Å²) in [6, 6.07) is 4.25. The zero-order valence-electron chi connectivity index (χ0n) is 9.90. The highest BCUT2D eigenvalue weighted by atomic mass is 32.2. The van der Waals surface area contributed by atoms with Gasteiger partial charge >= 0.3 is 0 Å². The fraction of sp³-hybridized carbons (Fsp3) is 0.583. The first kappa shape index (κ1) is 12.5. The third-order valence-corrected chi connectivity index (χ3v) is 4.18. The zero-order valence-corrected chi connectivity index (χ0v) is 10.7. The molecule has 0 bridgehead atoms. The summed E-state index contributed by atoms with van der Waals surface area (Å²) in [5.41, 5.74) is 6.24. The van der Waals surface area contributed by atoms with Gasteiger partial charge in [-0.3, -0.25) is 4.98 Å². The van der Waals surface area contributed by atoms with Gasteiger partial charge in [0, 0.05) is 28.6 Å². The van der Waals surface area contributed by atoms with Crippen molar-refractivity contribution in [3.8, 4) is 0 Å². The summed E-state index contributed by atoms with van der Waals surface area (Å²) in [6.07, 6.45) is 3.65. The second kappa shape index (κ2) is 4.99. The molecule has 1 heterocycles. The summed E-state index contributed by atoms with van der Waals surface area (Å²) in [7, 11) is 0. The number of hydrogen-bond donors (Lipinski definition) is 1. The van der Waals surface area contributed by atoms with E-state index in [0.717, 1.165) is 0 Å². The smallest absolute Gasteiger partial charge is 0.0292 e. The zero-order chi connectivity index (χ0) is 11.5. The van der Waals surface area contributed by atoms with Gasteiger partial charge in [-0.05, 0) is 24.5 Å². The number of hydrogen-bond acceptors (Lipinski definition) is 3. The van der Waals surface area contributed by atoms with Crippen molar-refractivity contribution < 1.29 is 0 Å². The number of thioether (sulfide) groups is 1. The van der Waals surface area contributed by atoms with Crippen molar-refractivity contribution >= 4 is 11.8 Å². The van der Waals surface area contributed by atoms with Crippen molar-refractivity contribution in [3.63, 3.8) is 0 Å². The minimum atomic E-state index is 0.183. The molecule has 1 aromatic rings. The third kappa shape index (κ3) is 3.84. The van der Waals surface area contributed by atoms with E-state index in [4.69, 9.17) is 5.73 Å². The Bertz CT molecular complexity index is 290. The van der Waals surface area contributed by atoms with Gasteiger partial charge in [-0.2, -0.15) is 0 Å². The van der Waals surface area contributed by atoms with Crippen LogP contribution in [0.25, 0.3) is 0 Å². The van der Waals surface area contributed by atoms with E-state index in [1.54, 1.807) is 0 Å². The largest absolute Gasteiger partial charge is 0.327 e. The lowest BCUT2D eigenvalue weighted by Crippen LogP contribution is -2.38. The maximum atomic E-state index is 6.03. The Labute approximate surface area is 96.7 Å². The predicted octanol–water partition coefficient (Wildman–Crippen LogP) is 2.94. The molecule has 2 atom stereocenters. The number of nitrogens with zero attached hydrogens (tertiary/aromatic N) is 1. The highest BCUT2D eigenvalue weighted by Gasteiger charge is 2.28. The van der Waals surface area contributed by atoms with Crippen molar-refractivity contribution in [2.75, 3.05) is 0 Å². The van der Waals surface area contributed by atoms with Crippen LogP contribution in [0.15, 0.2) is 29.4 Å². The van der Waals surface area contributed by atoms with Crippen molar-refractivity contribution in [1.82, 2.24) is 4.98 Å². The quantitative estimate of drug-likeness (QED) is 0.802. The molecule has 0 saturated heterocycles. The van der Waals surface area contributed by atoms with Gasteiger partial charge in [-0.25, -0.2) is 0 Å². The number of rotatable bonds is 3. The molecule has 2 nitrogen and oxygen atoms in total. The Morgan fingerprint density at radius 3 is 2.20 bits per heavy atom. The van der Waals surface area contributed by atoms with E-state index < -0.39 is 0 Å². The lowest BCUT2D eigenvalue weighted by atomic mass is 9.88. The molecule has 2 unspecified atom stereocenters. The Balaban J connectivity index is 2.77. The lowest BCUT2D eigenvalue weighted by Gasteiger charge is -2.33. The summed E-state index contributed by atoms with van der Waals surface area (Å²) < 4.78 is 0. The monoisotopic (exact) mass is 224 g/mol. The topological polar surface area (TPSA) is 38.9 Å². The highest BCUT2D eigenvalue weighted by molar-refractivity contribution is 8.00. The van der Waals surface area contributed by atoms with Crippen LogP contribution in [0.3, 0.4) is 0 Å². The van der Waals surface area contributed by atoms with Crippen LogP contribution in [0, 0.1) is 5.41 Å². The summed E-state index contributed by atoms with van der Waals surface area (Å²) in [5, 5.41) is 0.417. The molecule has 15 heavy (non-hydrogen) atoms. The molecule has 84 valence electrons. The molecule has 0 spiro atoms. The van der Waals surface area contributed by atoms with Gasteiger partial charge in [0.2, 0.25) is 0 Å². The van der Waals surface area contributed by atoms with E-state index >= 15 is 0 Å². The van der Waals surface area contributed by atoms with Crippen LogP contribution >= 0.6 is 11.8 Å². The van der Waals surface area contributed by atoms with Crippen molar-refractivity contribution in [2.45, 2.75) is 43.9 Å². The molecule has 0 radical (unpaired) electrons. The third-order valence-electron chi connectivity index (χ3n) is 2.24. The Hall–Kier alpha value is -0.540. The highest BCUT2D eigenvalue weighted by Crippen LogP contribution is 2.36. The molecule has 0 aliphatic heterocycles. The average Bonchev–Trinajstić information content (AvgIpc) is 2.13. The van der Waals surface area contributed by atoms with Crippen LogP contribution in [-0.2, 0) is 0 Å². The van der Waals surface area contributed by atoms with Crippen molar-refractivity contribution in [2.24, 2.45) is 11.1 Å². The fourth-order valence-corrected chi connectivity index (χ4v) is 2.78. The van der Waals surface area contributed by atoms with Gasteiger partial charge in [0.05, 0.1) is 0 Å². The van der Waals surface area contributed by atoms with Crippen LogP contribution < -0.4 is 5.73 Å². The van der Waals surface area contributed by atoms with Gasteiger partial charge in [0.25, 0.3) is 0 Å². The Kier molecular flexibility index (Phi) is 4.17. The van der Waals surface area contributed by atoms with E-state index in [0.29, 0.717) is 5.25 Å². The van der Waals surface area contributed by atoms with Gasteiger partial charge in [0.1, 0.15) is 0 Å². The predicted molar refractivity (Wildman–Crippen MR) is 67.0 cm³/mol. The van der Waals surface area contributed by atoms with Crippen molar-refractivity contribution in [3.05, 3.63) is 24.5 Å². The van der Waals surface area contributed by atoms with Gasteiger partial charge in [-0.15, -0.1) is 11.8 Å². The second-order valence-electron chi connectivity index (χ2n) is 4.95. The molecule has 0 saturated carbocycles. The number of pyridine rings is 1. The first-order valence-electron chi connectivity index (χ1n) is 5.23. The van der Waals surface area contributed by atoms with E-state index in [2.05, 4.69) is 32.7 Å². The Morgan fingerprint density at radius 1 is 1.27 bits per heavy atom. The lowest BCUT2D eigenvalue weighted by molar-refractivity contribution is 0.363. The van der Waals surface area contributed by atoms with Crippen LogP contribution in [-0.4, -0.2) is 16.3 Å². The van der Waals surface area contributed by atoms with Crippen molar-refractivity contribution in [1.29, 1.82) is 0 Å². The average molecular weight is 224 g/mol. The van der Waals surface area contributed by atoms with E-state index in [1.807, 2.05) is 36.3 Å². The van der Waals surface area contributed by atoms with Gasteiger partial charge in [-0.1, -0.05) is 20.8 Å². The fourth-order valence-electron chi connectivity index (χ4n) is 1.64. The second-order valence-corrected chi connectivity index (χ2v) is 6.16. The van der Waals surface area contributed by atoms with Crippen LogP contribution in [0.2, 0.25) is 0 Å².